The topological polar surface area (TPSA) is 109 Å². The lowest BCUT2D eigenvalue weighted by Gasteiger charge is -2.05. The number of carboxylic acids is 1. The predicted octanol–water partition coefficient (Wildman–Crippen LogP) is 1.27. The van der Waals surface area contributed by atoms with Gasteiger partial charge in [0.1, 0.15) is 5.82 Å². The van der Waals surface area contributed by atoms with Gasteiger partial charge in [0, 0.05) is 11.5 Å². The Balaban J connectivity index is 2.19. The summed E-state index contributed by atoms with van der Waals surface area (Å²) in [6, 6.07) is 5.64. The zero-order chi connectivity index (χ0) is 14.8. The monoisotopic (exact) mass is 313 g/mol. The fourth-order valence-electron chi connectivity index (χ4n) is 1.47. The van der Waals surface area contributed by atoms with E-state index in [0.29, 0.717) is 11.4 Å². The van der Waals surface area contributed by atoms with Gasteiger partial charge in [-0.25, -0.2) is 13.4 Å². The smallest absolute Gasteiger partial charge is 0.307 e. The molecule has 0 atom stereocenters. The number of nitrogens with zero attached hydrogens (tertiary/aromatic N) is 2. The molecule has 2 rings (SSSR count). The van der Waals surface area contributed by atoms with Crippen LogP contribution in [0.25, 0.3) is 0 Å². The summed E-state index contributed by atoms with van der Waals surface area (Å²) in [5.41, 5.74) is 0.531. The zero-order valence-electron chi connectivity index (χ0n) is 10.4. The van der Waals surface area contributed by atoms with Gasteiger partial charge in [-0.1, -0.05) is 12.1 Å². The van der Waals surface area contributed by atoms with Crippen molar-refractivity contribution in [3.05, 3.63) is 35.7 Å². The van der Waals surface area contributed by atoms with E-state index >= 15 is 0 Å². The number of aryl methyl sites for hydroxylation is 1. The van der Waals surface area contributed by atoms with E-state index in [2.05, 4.69) is 14.1 Å². The Kier molecular flexibility index (Phi) is 4.00. The highest BCUT2D eigenvalue weighted by Gasteiger charge is 2.16. The van der Waals surface area contributed by atoms with Crippen molar-refractivity contribution in [3.8, 4) is 0 Å². The lowest BCUT2D eigenvalue weighted by atomic mass is 10.2. The van der Waals surface area contributed by atoms with E-state index in [-0.39, 0.29) is 16.4 Å². The van der Waals surface area contributed by atoms with Crippen LogP contribution in [-0.2, 0) is 21.2 Å². The van der Waals surface area contributed by atoms with Crippen LogP contribution in [0.2, 0.25) is 0 Å². The van der Waals surface area contributed by atoms with Crippen LogP contribution in [0.1, 0.15) is 11.4 Å². The Morgan fingerprint density at radius 1 is 1.35 bits per heavy atom. The molecule has 2 N–H and O–H groups in total. The minimum Gasteiger partial charge on any atom is -0.481 e. The third-order valence-corrected chi connectivity index (χ3v) is 4.54. The van der Waals surface area contributed by atoms with Crippen LogP contribution in [-0.4, -0.2) is 28.9 Å². The maximum atomic E-state index is 12.1. The van der Waals surface area contributed by atoms with E-state index < -0.39 is 16.0 Å². The fourth-order valence-corrected chi connectivity index (χ4v) is 3.27. The largest absolute Gasteiger partial charge is 0.481 e. The normalized spacial score (nSPS) is 11.2. The number of sulfonamides is 1. The summed E-state index contributed by atoms with van der Waals surface area (Å²) in [4.78, 5) is 14.5. The van der Waals surface area contributed by atoms with E-state index in [9.17, 15) is 13.2 Å². The molecular formula is C11H11N3O4S2. The molecule has 9 heteroatoms. The standard InChI is InChI=1S/C11H11N3O4S2/c1-7-12-11(19-13-7)14-20(17,18)9-4-2-8(3-5-9)6-10(15)16/h2-5H,6H2,1H3,(H,15,16)(H,12,13,14). The van der Waals surface area contributed by atoms with Crippen molar-refractivity contribution < 1.29 is 18.3 Å². The summed E-state index contributed by atoms with van der Waals surface area (Å²) in [5.74, 6) is -0.479. The quantitative estimate of drug-likeness (QED) is 0.860. The van der Waals surface area contributed by atoms with E-state index in [0.717, 1.165) is 11.5 Å². The van der Waals surface area contributed by atoms with E-state index in [1.165, 1.54) is 24.3 Å². The number of benzene rings is 1. The van der Waals surface area contributed by atoms with Crippen molar-refractivity contribution in [2.75, 3.05) is 4.72 Å². The Labute approximate surface area is 119 Å². The van der Waals surface area contributed by atoms with Crippen LogP contribution in [0.4, 0.5) is 5.13 Å². The molecule has 2 aromatic rings. The number of hydrogen-bond acceptors (Lipinski definition) is 6. The lowest BCUT2D eigenvalue weighted by molar-refractivity contribution is -0.136. The van der Waals surface area contributed by atoms with E-state index in [4.69, 9.17) is 5.11 Å². The highest BCUT2D eigenvalue weighted by atomic mass is 32.2. The first-order chi connectivity index (χ1) is 9.37. The number of carboxylic acid groups (broad SMARTS) is 1. The molecule has 0 saturated carbocycles. The molecule has 0 unspecified atom stereocenters. The SMILES string of the molecule is Cc1nsc(NS(=O)(=O)c2ccc(CC(=O)O)cc2)n1. The first-order valence-electron chi connectivity index (χ1n) is 5.51. The summed E-state index contributed by atoms with van der Waals surface area (Å²) in [7, 11) is -3.73. The second-order valence-corrected chi connectivity index (χ2v) is 6.40. The minimum absolute atomic E-state index is 0.0412. The molecule has 1 aromatic carbocycles. The number of anilines is 1. The van der Waals surface area contributed by atoms with Gasteiger partial charge in [0.25, 0.3) is 10.0 Å². The Hall–Kier alpha value is -2.00. The van der Waals surface area contributed by atoms with Gasteiger partial charge in [-0.3, -0.25) is 9.52 Å². The number of carbonyl (C=O) groups is 1. The third kappa shape index (κ3) is 3.52. The van der Waals surface area contributed by atoms with Crippen LogP contribution in [0.15, 0.2) is 29.2 Å². The second kappa shape index (κ2) is 5.55. The Morgan fingerprint density at radius 3 is 2.50 bits per heavy atom. The molecule has 0 aliphatic rings. The molecule has 0 bridgehead atoms. The lowest BCUT2D eigenvalue weighted by Crippen LogP contribution is -2.13. The van der Waals surface area contributed by atoms with E-state index in [1.54, 1.807) is 6.92 Å². The first-order valence-corrected chi connectivity index (χ1v) is 7.76. The van der Waals surface area contributed by atoms with Crippen LogP contribution < -0.4 is 4.72 Å². The van der Waals surface area contributed by atoms with Gasteiger partial charge in [0.15, 0.2) is 0 Å². The molecule has 0 radical (unpaired) electrons. The molecular weight excluding hydrogens is 302 g/mol. The second-order valence-electron chi connectivity index (χ2n) is 3.97. The summed E-state index contributed by atoms with van der Waals surface area (Å²) < 4.78 is 30.3. The molecule has 0 spiro atoms. The molecule has 0 amide bonds. The molecule has 106 valence electrons. The van der Waals surface area contributed by atoms with Crippen molar-refractivity contribution >= 4 is 32.7 Å². The Morgan fingerprint density at radius 2 is 2.00 bits per heavy atom. The molecule has 0 aliphatic heterocycles. The van der Waals surface area contributed by atoms with Gasteiger partial charge in [-0.05, 0) is 24.6 Å². The zero-order valence-corrected chi connectivity index (χ0v) is 12.0. The summed E-state index contributed by atoms with van der Waals surface area (Å²) >= 11 is 0.954. The number of aliphatic carboxylic acids is 1. The van der Waals surface area contributed by atoms with Gasteiger partial charge < -0.3 is 5.11 Å². The summed E-state index contributed by atoms with van der Waals surface area (Å²) in [5, 5.41) is 8.84. The molecule has 1 aromatic heterocycles. The maximum absolute atomic E-state index is 12.1. The third-order valence-electron chi connectivity index (χ3n) is 2.34. The van der Waals surface area contributed by atoms with Crippen molar-refractivity contribution in [3.63, 3.8) is 0 Å². The van der Waals surface area contributed by atoms with Gasteiger partial charge in [-0.15, -0.1) is 0 Å². The minimum atomic E-state index is -3.73. The fraction of sp³-hybridized carbons (Fsp3) is 0.182. The van der Waals surface area contributed by atoms with Crippen LogP contribution >= 0.6 is 11.5 Å². The highest BCUT2D eigenvalue weighted by molar-refractivity contribution is 7.93. The van der Waals surface area contributed by atoms with Crippen LogP contribution in [0.3, 0.4) is 0 Å². The highest BCUT2D eigenvalue weighted by Crippen LogP contribution is 2.18. The summed E-state index contributed by atoms with van der Waals surface area (Å²) in [6.07, 6.45) is -0.149. The molecule has 20 heavy (non-hydrogen) atoms. The molecule has 7 nitrogen and oxygen atoms in total. The van der Waals surface area contributed by atoms with Crippen molar-refractivity contribution in [2.45, 2.75) is 18.2 Å². The first kappa shape index (κ1) is 14.4. The molecule has 0 fully saturated rings. The molecule has 0 saturated heterocycles. The molecule has 0 aliphatic carbocycles. The number of aromatic nitrogens is 2. The number of hydrogen-bond donors (Lipinski definition) is 2. The van der Waals surface area contributed by atoms with Crippen molar-refractivity contribution in [1.29, 1.82) is 0 Å². The number of nitrogens with one attached hydrogen (secondary N) is 1. The van der Waals surface area contributed by atoms with Crippen molar-refractivity contribution in [2.24, 2.45) is 0 Å². The average Bonchev–Trinajstić information content (AvgIpc) is 2.74. The average molecular weight is 313 g/mol. The van der Waals surface area contributed by atoms with Gasteiger partial charge in [-0.2, -0.15) is 4.37 Å². The van der Waals surface area contributed by atoms with Crippen molar-refractivity contribution in [1.82, 2.24) is 9.36 Å². The predicted molar refractivity (Wildman–Crippen MR) is 73.2 cm³/mol. The van der Waals surface area contributed by atoms with Gasteiger partial charge >= 0.3 is 5.97 Å². The van der Waals surface area contributed by atoms with Gasteiger partial charge in [0.05, 0.1) is 11.3 Å². The number of rotatable bonds is 5. The van der Waals surface area contributed by atoms with Crippen LogP contribution in [0, 0.1) is 6.92 Å². The molecule has 1 heterocycles. The van der Waals surface area contributed by atoms with Crippen LogP contribution in [0.5, 0.6) is 0 Å². The van der Waals surface area contributed by atoms with Gasteiger partial charge in [0.2, 0.25) is 5.13 Å². The van der Waals surface area contributed by atoms with E-state index in [1.807, 2.05) is 0 Å². The summed E-state index contributed by atoms with van der Waals surface area (Å²) in [6.45, 7) is 1.66. The Bertz CT molecular complexity index is 722. The maximum Gasteiger partial charge on any atom is 0.307 e.